The molecule has 0 amide bonds. The van der Waals surface area contributed by atoms with Gasteiger partial charge in [0.2, 0.25) is 11.7 Å². The summed E-state index contributed by atoms with van der Waals surface area (Å²) < 4.78 is 29.1. The van der Waals surface area contributed by atoms with E-state index in [9.17, 15) is 9.18 Å². The van der Waals surface area contributed by atoms with Gasteiger partial charge in [0.05, 0.1) is 0 Å². The number of furan rings is 1. The molecular formula is C15H10BrFN2O4. The number of halogens is 2. The number of hydrogen-bond acceptors (Lipinski definition) is 6. The fourth-order valence-electron chi connectivity index (χ4n) is 1.80. The summed E-state index contributed by atoms with van der Waals surface area (Å²) in [4.78, 5) is 11.9. The Morgan fingerprint density at radius 2 is 1.91 bits per heavy atom. The van der Waals surface area contributed by atoms with Crippen molar-refractivity contribution in [1.29, 1.82) is 0 Å². The van der Waals surface area contributed by atoms with Gasteiger partial charge in [0.1, 0.15) is 5.82 Å². The van der Waals surface area contributed by atoms with Crippen LogP contribution in [0.2, 0.25) is 0 Å². The van der Waals surface area contributed by atoms with Crippen molar-refractivity contribution >= 4 is 21.9 Å². The summed E-state index contributed by atoms with van der Waals surface area (Å²) in [7, 11) is 0. The van der Waals surface area contributed by atoms with Crippen LogP contribution in [0.3, 0.4) is 0 Å². The van der Waals surface area contributed by atoms with Crippen molar-refractivity contribution < 1.29 is 22.8 Å². The summed E-state index contributed by atoms with van der Waals surface area (Å²) in [5.41, 5.74) is 0.568. The van der Waals surface area contributed by atoms with Gasteiger partial charge in [-0.05, 0) is 59.3 Å². The average molecular weight is 381 g/mol. The van der Waals surface area contributed by atoms with Crippen molar-refractivity contribution in [2.24, 2.45) is 0 Å². The van der Waals surface area contributed by atoms with Gasteiger partial charge < -0.3 is 13.6 Å². The largest absolute Gasteiger partial charge is 0.447 e. The second-order valence-corrected chi connectivity index (χ2v) is 5.39. The molecule has 8 heteroatoms. The first-order valence-electron chi connectivity index (χ1n) is 6.58. The summed E-state index contributed by atoms with van der Waals surface area (Å²) in [6.45, 7) is 1.60. The zero-order valence-electron chi connectivity index (χ0n) is 11.8. The number of benzene rings is 1. The monoisotopic (exact) mass is 380 g/mol. The maximum Gasteiger partial charge on any atom is 0.375 e. The molecule has 118 valence electrons. The van der Waals surface area contributed by atoms with Crippen LogP contribution in [0.25, 0.3) is 11.5 Å². The molecule has 2 heterocycles. The van der Waals surface area contributed by atoms with E-state index in [2.05, 4.69) is 26.1 Å². The SMILES string of the molecule is C[C@H](OC(=O)c1ccc(Br)o1)c1nnc(-c2ccc(F)cc2)o1. The number of ether oxygens (including phenoxy) is 1. The van der Waals surface area contributed by atoms with Gasteiger partial charge in [-0.3, -0.25) is 0 Å². The molecule has 2 aromatic heterocycles. The molecular weight excluding hydrogens is 371 g/mol. The van der Waals surface area contributed by atoms with Crippen LogP contribution in [0.15, 0.2) is 49.9 Å². The Hall–Kier alpha value is -2.48. The molecule has 23 heavy (non-hydrogen) atoms. The lowest BCUT2D eigenvalue weighted by molar-refractivity contribution is 0.0243. The lowest BCUT2D eigenvalue weighted by Gasteiger charge is -2.07. The molecule has 1 atom stereocenters. The first-order valence-corrected chi connectivity index (χ1v) is 7.38. The lowest BCUT2D eigenvalue weighted by Crippen LogP contribution is -2.08. The number of aromatic nitrogens is 2. The van der Waals surface area contributed by atoms with Crippen LogP contribution < -0.4 is 0 Å². The van der Waals surface area contributed by atoms with Crippen molar-refractivity contribution in [2.75, 3.05) is 0 Å². The molecule has 0 fully saturated rings. The molecule has 0 spiro atoms. The maximum atomic E-state index is 12.9. The van der Waals surface area contributed by atoms with Crippen LogP contribution in [0.5, 0.6) is 0 Å². The Kier molecular flexibility index (Phi) is 4.24. The summed E-state index contributed by atoms with van der Waals surface area (Å²) in [6, 6.07) is 8.68. The highest BCUT2D eigenvalue weighted by atomic mass is 79.9. The summed E-state index contributed by atoms with van der Waals surface area (Å²) in [5, 5.41) is 7.70. The minimum absolute atomic E-state index is 0.0574. The molecule has 0 bridgehead atoms. The number of rotatable bonds is 4. The number of carbonyl (C=O) groups excluding carboxylic acids is 1. The second kappa shape index (κ2) is 6.33. The van der Waals surface area contributed by atoms with Crippen molar-refractivity contribution in [3.8, 4) is 11.5 Å². The fourth-order valence-corrected chi connectivity index (χ4v) is 2.11. The molecule has 3 aromatic rings. The number of nitrogens with zero attached hydrogens (tertiary/aromatic N) is 2. The van der Waals surface area contributed by atoms with Crippen LogP contribution in [-0.2, 0) is 4.74 Å². The van der Waals surface area contributed by atoms with Crippen molar-refractivity contribution in [3.63, 3.8) is 0 Å². The third-order valence-electron chi connectivity index (χ3n) is 2.94. The Morgan fingerprint density at radius 3 is 2.57 bits per heavy atom. The van der Waals surface area contributed by atoms with E-state index in [1.165, 1.54) is 30.3 Å². The molecule has 0 saturated heterocycles. The predicted molar refractivity (Wildman–Crippen MR) is 79.9 cm³/mol. The van der Waals surface area contributed by atoms with E-state index in [4.69, 9.17) is 13.6 Å². The molecule has 0 unspecified atom stereocenters. The van der Waals surface area contributed by atoms with Crippen molar-refractivity contribution in [1.82, 2.24) is 10.2 Å². The quantitative estimate of drug-likeness (QED) is 0.632. The summed E-state index contributed by atoms with van der Waals surface area (Å²) in [6.07, 6.45) is -0.756. The van der Waals surface area contributed by atoms with Crippen LogP contribution in [-0.4, -0.2) is 16.2 Å². The van der Waals surface area contributed by atoms with Crippen LogP contribution in [0.4, 0.5) is 4.39 Å². The highest BCUT2D eigenvalue weighted by molar-refractivity contribution is 9.10. The molecule has 0 aliphatic heterocycles. The minimum atomic E-state index is -0.756. The molecule has 0 aliphatic carbocycles. The first-order chi connectivity index (χ1) is 11.0. The molecule has 6 nitrogen and oxygen atoms in total. The third kappa shape index (κ3) is 3.48. The van der Waals surface area contributed by atoms with Crippen LogP contribution in [0, 0.1) is 5.82 Å². The smallest absolute Gasteiger partial charge is 0.375 e. The van der Waals surface area contributed by atoms with E-state index in [0.717, 1.165) is 0 Å². The Bertz CT molecular complexity index is 828. The second-order valence-electron chi connectivity index (χ2n) is 4.60. The highest BCUT2D eigenvalue weighted by Crippen LogP contribution is 2.24. The predicted octanol–water partition coefficient (Wildman–Crippen LogP) is 4.15. The van der Waals surface area contributed by atoms with Crippen molar-refractivity contribution in [3.05, 3.63) is 58.5 Å². The number of esters is 1. The first kappa shape index (κ1) is 15.4. The molecule has 3 rings (SSSR count). The Labute approximate surface area is 138 Å². The van der Waals surface area contributed by atoms with Crippen molar-refractivity contribution in [2.45, 2.75) is 13.0 Å². The van der Waals surface area contributed by atoms with Crippen LogP contribution in [0.1, 0.15) is 29.5 Å². The standard InChI is InChI=1S/C15H10BrFN2O4/c1-8(21-15(20)11-6-7-12(16)22-11)13-18-19-14(23-13)9-2-4-10(17)5-3-9/h2-8H,1H3/t8-/m0/s1. The van der Waals surface area contributed by atoms with Gasteiger partial charge in [-0.1, -0.05) is 0 Å². The van der Waals surface area contributed by atoms with E-state index < -0.39 is 12.1 Å². The summed E-state index contributed by atoms with van der Waals surface area (Å²) >= 11 is 3.10. The van der Waals surface area contributed by atoms with E-state index in [1.807, 2.05) is 0 Å². The van der Waals surface area contributed by atoms with Gasteiger partial charge in [0.15, 0.2) is 10.8 Å². The average Bonchev–Trinajstić information content (AvgIpc) is 3.17. The van der Waals surface area contributed by atoms with E-state index in [1.54, 1.807) is 13.0 Å². The van der Waals surface area contributed by atoms with E-state index in [0.29, 0.717) is 10.2 Å². The van der Waals surface area contributed by atoms with Gasteiger partial charge in [-0.2, -0.15) is 0 Å². The molecule has 0 saturated carbocycles. The van der Waals surface area contributed by atoms with Gasteiger partial charge in [0, 0.05) is 5.56 Å². The normalized spacial score (nSPS) is 12.1. The number of hydrogen-bond donors (Lipinski definition) is 0. The molecule has 0 N–H and O–H groups in total. The molecule has 0 aliphatic rings. The zero-order valence-corrected chi connectivity index (χ0v) is 13.4. The van der Waals surface area contributed by atoms with Gasteiger partial charge in [0.25, 0.3) is 5.89 Å². The van der Waals surface area contributed by atoms with Gasteiger partial charge in [-0.15, -0.1) is 10.2 Å². The maximum absolute atomic E-state index is 12.9. The Balaban J connectivity index is 1.72. The number of carbonyl (C=O) groups is 1. The van der Waals surface area contributed by atoms with E-state index in [-0.39, 0.29) is 23.4 Å². The zero-order chi connectivity index (χ0) is 16.4. The fraction of sp³-hybridized carbons (Fsp3) is 0.133. The minimum Gasteiger partial charge on any atom is -0.447 e. The van der Waals surface area contributed by atoms with Gasteiger partial charge in [-0.25, -0.2) is 9.18 Å². The van der Waals surface area contributed by atoms with Crippen LogP contribution >= 0.6 is 15.9 Å². The topological polar surface area (TPSA) is 78.4 Å². The third-order valence-corrected chi connectivity index (χ3v) is 3.36. The summed E-state index contributed by atoms with van der Waals surface area (Å²) in [5.74, 6) is -0.612. The molecule has 1 aromatic carbocycles. The van der Waals surface area contributed by atoms with E-state index >= 15 is 0 Å². The lowest BCUT2D eigenvalue weighted by atomic mass is 10.2. The highest BCUT2D eigenvalue weighted by Gasteiger charge is 2.21. The molecule has 0 radical (unpaired) electrons. The van der Waals surface area contributed by atoms with Gasteiger partial charge >= 0.3 is 5.97 Å². The Morgan fingerprint density at radius 1 is 1.17 bits per heavy atom.